The van der Waals surface area contributed by atoms with Crippen molar-refractivity contribution in [2.24, 2.45) is 0 Å². The number of nitrogens with one attached hydrogen (secondary N) is 1. The van der Waals surface area contributed by atoms with E-state index in [0.29, 0.717) is 0 Å². The fraction of sp³-hybridized carbons (Fsp3) is 0.125. The van der Waals surface area contributed by atoms with Gasteiger partial charge < -0.3 is 5.32 Å². The number of amides is 1. The predicted octanol–water partition coefficient (Wildman–Crippen LogP) is 2.20. The predicted molar refractivity (Wildman–Crippen MR) is 46.6 cm³/mol. The van der Waals surface area contributed by atoms with Crippen molar-refractivity contribution in [1.29, 1.82) is 0 Å². The summed E-state index contributed by atoms with van der Waals surface area (Å²) < 4.78 is 0. The van der Waals surface area contributed by atoms with Crippen LogP contribution in [0.25, 0.3) is 0 Å². The van der Waals surface area contributed by atoms with Crippen LogP contribution in [0.1, 0.15) is 6.92 Å². The number of benzene rings is 1. The highest BCUT2D eigenvalue weighted by Crippen LogP contribution is 2.12. The highest BCUT2D eigenvalue weighted by molar-refractivity contribution is 7.80. The van der Waals surface area contributed by atoms with Gasteiger partial charge in [0.05, 0.1) is 0 Å². The fourth-order valence-corrected chi connectivity index (χ4v) is 0.983. The van der Waals surface area contributed by atoms with Crippen LogP contribution in [-0.4, -0.2) is 5.91 Å². The molecule has 1 N–H and O–H groups in total. The zero-order valence-electron chi connectivity index (χ0n) is 6.13. The summed E-state index contributed by atoms with van der Waals surface area (Å²) in [6.45, 7) is 1.47. The van der Waals surface area contributed by atoms with E-state index in [0.717, 1.165) is 10.6 Å². The highest BCUT2D eigenvalue weighted by Gasteiger charge is 1.94. The SMILES string of the molecule is CC(=O)Nc1cccc([S])c1. The first-order valence-corrected chi connectivity index (χ1v) is 3.64. The lowest BCUT2D eigenvalue weighted by atomic mass is 10.3. The van der Waals surface area contributed by atoms with E-state index in [-0.39, 0.29) is 5.91 Å². The Balaban J connectivity index is 2.79. The van der Waals surface area contributed by atoms with Crippen LogP contribution in [-0.2, 0) is 4.79 Å². The van der Waals surface area contributed by atoms with E-state index in [4.69, 9.17) is 12.6 Å². The van der Waals surface area contributed by atoms with Crippen LogP contribution in [0, 0.1) is 0 Å². The summed E-state index contributed by atoms with van der Waals surface area (Å²) in [5.41, 5.74) is 0.755. The Morgan fingerprint density at radius 1 is 1.55 bits per heavy atom. The molecule has 1 aromatic carbocycles. The first-order chi connectivity index (χ1) is 5.18. The lowest BCUT2D eigenvalue weighted by Crippen LogP contribution is -2.05. The third-order valence-electron chi connectivity index (χ3n) is 1.15. The molecule has 0 aliphatic heterocycles. The molecular weight excluding hydrogens is 158 g/mol. The number of carbonyl (C=O) groups excluding carboxylic acids is 1. The maximum Gasteiger partial charge on any atom is 0.221 e. The average Bonchev–Trinajstić information content (AvgIpc) is 1.85. The van der Waals surface area contributed by atoms with Gasteiger partial charge in [0.15, 0.2) is 0 Å². The fourth-order valence-electron chi connectivity index (χ4n) is 0.777. The van der Waals surface area contributed by atoms with E-state index < -0.39 is 0 Å². The summed E-state index contributed by atoms with van der Waals surface area (Å²) in [6, 6.07) is 7.17. The smallest absolute Gasteiger partial charge is 0.221 e. The van der Waals surface area contributed by atoms with Crippen molar-refractivity contribution in [3.05, 3.63) is 24.3 Å². The monoisotopic (exact) mass is 166 g/mol. The Morgan fingerprint density at radius 3 is 2.82 bits per heavy atom. The maximum atomic E-state index is 10.6. The van der Waals surface area contributed by atoms with Gasteiger partial charge in [-0.2, -0.15) is 0 Å². The molecule has 0 bridgehead atoms. The van der Waals surface area contributed by atoms with Gasteiger partial charge in [0, 0.05) is 17.5 Å². The van der Waals surface area contributed by atoms with E-state index in [9.17, 15) is 4.79 Å². The zero-order chi connectivity index (χ0) is 8.27. The van der Waals surface area contributed by atoms with Gasteiger partial charge in [-0.25, -0.2) is 0 Å². The molecular formula is C8H8NOS. The molecule has 1 amide bonds. The van der Waals surface area contributed by atoms with Gasteiger partial charge in [-0.05, 0) is 18.2 Å². The Labute approximate surface area is 71.0 Å². The second-order valence-corrected chi connectivity index (χ2v) is 2.68. The highest BCUT2D eigenvalue weighted by atomic mass is 32.1. The lowest BCUT2D eigenvalue weighted by molar-refractivity contribution is -0.114. The van der Waals surface area contributed by atoms with Crippen LogP contribution in [0.3, 0.4) is 0 Å². The summed E-state index contributed by atoms with van der Waals surface area (Å²) in [6.07, 6.45) is 0. The van der Waals surface area contributed by atoms with Crippen molar-refractivity contribution in [3.63, 3.8) is 0 Å². The number of hydrogen-bond donors (Lipinski definition) is 1. The van der Waals surface area contributed by atoms with Crippen molar-refractivity contribution < 1.29 is 4.79 Å². The molecule has 0 heterocycles. The molecule has 0 saturated carbocycles. The number of hydrogen-bond acceptors (Lipinski definition) is 1. The van der Waals surface area contributed by atoms with Crippen molar-refractivity contribution in [1.82, 2.24) is 0 Å². The molecule has 0 aliphatic carbocycles. The topological polar surface area (TPSA) is 29.1 Å². The van der Waals surface area contributed by atoms with Crippen LogP contribution in [0.15, 0.2) is 29.2 Å². The van der Waals surface area contributed by atoms with E-state index in [1.807, 2.05) is 6.07 Å². The van der Waals surface area contributed by atoms with E-state index in [1.165, 1.54) is 6.92 Å². The summed E-state index contributed by atoms with van der Waals surface area (Å²) in [7, 11) is 0. The summed E-state index contributed by atoms with van der Waals surface area (Å²) in [5, 5.41) is 2.64. The first-order valence-electron chi connectivity index (χ1n) is 3.23. The number of carbonyl (C=O) groups is 1. The molecule has 0 fully saturated rings. The van der Waals surface area contributed by atoms with Gasteiger partial charge in [0.1, 0.15) is 0 Å². The molecule has 11 heavy (non-hydrogen) atoms. The van der Waals surface area contributed by atoms with Gasteiger partial charge in [-0.15, -0.1) is 0 Å². The van der Waals surface area contributed by atoms with E-state index in [2.05, 4.69) is 5.32 Å². The quantitative estimate of drug-likeness (QED) is 0.680. The molecule has 0 spiro atoms. The molecule has 2 nitrogen and oxygen atoms in total. The maximum absolute atomic E-state index is 10.6. The van der Waals surface area contributed by atoms with E-state index >= 15 is 0 Å². The first kappa shape index (κ1) is 8.01. The van der Waals surface area contributed by atoms with Gasteiger partial charge in [-0.3, -0.25) is 4.79 Å². The summed E-state index contributed by atoms with van der Waals surface area (Å²) in [5.74, 6) is -0.0781. The molecule has 3 heteroatoms. The molecule has 0 atom stereocenters. The van der Waals surface area contributed by atoms with Crippen LogP contribution < -0.4 is 5.32 Å². The second-order valence-electron chi connectivity index (χ2n) is 2.21. The third-order valence-corrected chi connectivity index (χ3v) is 1.41. The number of anilines is 1. The molecule has 1 aromatic rings. The molecule has 1 rings (SSSR count). The molecule has 57 valence electrons. The minimum atomic E-state index is -0.0781. The van der Waals surface area contributed by atoms with Crippen LogP contribution in [0.2, 0.25) is 0 Å². The van der Waals surface area contributed by atoms with Crippen molar-refractivity contribution in [2.75, 3.05) is 5.32 Å². The standard InChI is InChI=1S/C8H8NOS/c1-6(10)9-7-3-2-4-8(11)5-7/h2-5H,1H3,(H,9,10). The molecule has 1 radical (unpaired) electrons. The average molecular weight is 166 g/mol. The van der Waals surface area contributed by atoms with Crippen LogP contribution in [0.4, 0.5) is 5.69 Å². The Morgan fingerprint density at radius 2 is 2.27 bits per heavy atom. The van der Waals surface area contributed by atoms with Crippen LogP contribution in [0.5, 0.6) is 0 Å². The van der Waals surface area contributed by atoms with Gasteiger partial charge in [0.2, 0.25) is 5.91 Å². The van der Waals surface area contributed by atoms with Gasteiger partial charge in [-0.1, -0.05) is 18.7 Å². The van der Waals surface area contributed by atoms with Gasteiger partial charge >= 0.3 is 0 Å². The number of rotatable bonds is 1. The van der Waals surface area contributed by atoms with Crippen molar-refractivity contribution >= 4 is 24.2 Å². The Hall–Kier alpha value is -1.09. The van der Waals surface area contributed by atoms with E-state index in [1.54, 1.807) is 18.2 Å². The minimum Gasteiger partial charge on any atom is -0.326 e. The third kappa shape index (κ3) is 2.55. The summed E-state index contributed by atoms with van der Waals surface area (Å²) in [4.78, 5) is 11.3. The van der Waals surface area contributed by atoms with Crippen molar-refractivity contribution in [3.8, 4) is 0 Å². The summed E-state index contributed by atoms with van der Waals surface area (Å²) >= 11 is 4.90. The minimum absolute atomic E-state index is 0.0781. The largest absolute Gasteiger partial charge is 0.326 e. The Bertz CT molecular complexity index is 273. The van der Waals surface area contributed by atoms with Crippen molar-refractivity contribution in [2.45, 2.75) is 11.8 Å². The molecule has 0 unspecified atom stereocenters. The second kappa shape index (κ2) is 3.34. The Kier molecular flexibility index (Phi) is 2.44. The van der Waals surface area contributed by atoms with Gasteiger partial charge in [0.25, 0.3) is 0 Å². The molecule has 0 aromatic heterocycles. The van der Waals surface area contributed by atoms with Crippen LogP contribution >= 0.6 is 12.6 Å². The normalized spacial score (nSPS) is 9.18. The molecule has 0 aliphatic rings. The lowest BCUT2D eigenvalue weighted by Gasteiger charge is -2.00. The zero-order valence-corrected chi connectivity index (χ0v) is 6.94. The molecule has 0 saturated heterocycles.